The van der Waals surface area contributed by atoms with Crippen LogP contribution in [-0.2, 0) is 9.53 Å². The summed E-state index contributed by atoms with van der Waals surface area (Å²) in [5, 5.41) is 2.71. The molecule has 2 heterocycles. The summed E-state index contributed by atoms with van der Waals surface area (Å²) in [4.78, 5) is 22.6. The van der Waals surface area contributed by atoms with Gasteiger partial charge in [0.05, 0.1) is 38.4 Å². The highest BCUT2D eigenvalue weighted by molar-refractivity contribution is 5.91. The van der Waals surface area contributed by atoms with E-state index >= 15 is 0 Å². The summed E-state index contributed by atoms with van der Waals surface area (Å²) in [6.45, 7) is 2.76. The van der Waals surface area contributed by atoms with E-state index in [9.17, 15) is 4.79 Å². The van der Waals surface area contributed by atoms with Crippen LogP contribution in [0.25, 0.3) is 0 Å². The molecule has 1 aromatic heterocycles. The number of carbonyl (C=O) groups excluding carboxylic acids is 1. The third kappa shape index (κ3) is 4.80. The highest BCUT2D eigenvalue weighted by Crippen LogP contribution is 2.18. The van der Waals surface area contributed by atoms with Gasteiger partial charge in [0.2, 0.25) is 5.95 Å². The van der Waals surface area contributed by atoms with Crippen molar-refractivity contribution in [2.24, 2.45) is 0 Å². The lowest BCUT2D eigenvalue weighted by atomic mass is 10.3. The molecule has 0 saturated carbocycles. The van der Waals surface area contributed by atoms with E-state index in [4.69, 9.17) is 14.2 Å². The maximum atomic E-state index is 12.0. The second-order valence-electron chi connectivity index (χ2n) is 5.39. The van der Waals surface area contributed by atoms with E-state index < -0.39 is 0 Å². The van der Waals surface area contributed by atoms with Crippen molar-refractivity contribution >= 4 is 17.5 Å². The zero-order valence-electron chi connectivity index (χ0n) is 14.0. The number of amides is 1. The molecule has 1 aliphatic rings. The zero-order valence-corrected chi connectivity index (χ0v) is 14.0. The van der Waals surface area contributed by atoms with Gasteiger partial charge < -0.3 is 24.4 Å². The Bertz CT molecular complexity index is 702. The van der Waals surface area contributed by atoms with Gasteiger partial charge in [0.25, 0.3) is 5.91 Å². The number of carbonyl (C=O) groups is 1. The number of rotatable bonds is 6. The van der Waals surface area contributed by atoms with Gasteiger partial charge in [-0.1, -0.05) is 6.07 Å². The fraction of sp³-hybridized carbons (Fsp3) is 0.353. The molecule has 132 valence electrons. The van der Waals surface area contributed by atoms with Crippen LogP contribution in [0, 0.1) is 0 Å². The molecule has 0 radical (unpaired) electrons. The van der Waals surface area contributed by atoms with Gasteiger partial charge >= 0.3 is 0 Å². The van der Waals surface area contributed by atoms with Crippen molar-refractivity contribution in [2.45, 2.75) is 0 Å². The molecule has 1 amide bonds. The average molecular weight is 344 g/mol. The van der Waals surface area contributed by atoms with Crippen molar-refractivity contribution in [3.8, 4) is 11.5 Å². The van der Waals surface area contributed by atoms with Crippen molar-refractivity contribution in [1.29, 1.82) is 0 Å². The topological polar surface area (TPSA) is 85.8 Å². The number of benzene rings is 1. The fourth-order valence-corrected chi connectivity index (χ4v) is 2.35. The van der Waals surface area contributed by atoms with E-state index in [0.29, 0.717) is 36.3 Å². The summed E-state index contributed by atoms with van der Waals surface area (Å²) in [5.41, 5.74) is 0.524. The molecule has 2 aromatic rings. The first-order valence-electron chi connectivity index (χ1n) is 7.96. The minimum atomic E-state index is -0.287. The Morgan fingerprint density at radius 2 is 1.96 bits per heavy atom. The van der Waals surface area contributed by atoms with Gasteiger partial charge in [0.15, 0.2) is 6.61 Å². The quantitative estimate of drug-likeness (QED) is 0.846. The molecule has 8 nitrogen and oxygen atoms in total. The molecule has 0 unspecified atom stereocenters. The SMILES string of the molecule is COc1cccc(OCC(=O)Nc2cnc(N3CCOCC3)nc2)c1. The number of hydrogen-bond acceptors (Lipinski definition) is 7. The average Bonchev–Trinajstić information content (AvgIpc) is 2.68. The van der Waals surface area contributed by atoms with Crippen molar-refractivity contribution in [2.75, 3.05) is 50.2 Å². The van der Waals surface area contributed by atoms with Crippen LogP contribution in [0.5, 0.6) is 11.5 Å². The Hall–Kier alpha value is -2.87. The number of morpholine rings is 1. The zero-order chi connectivity index (χ0) is 17.5. The van der Waals surface area contributed by atoms with Gasteiger partial charge in [0.1, 0.15) is 11.5 Å². The van der Waals surface area contributed by atoms with E-state index in [1.807, 2.05) is 4.90 Å². The second kappa shape index (κ2) is 8.29. The minimum absolute atomic E-state index is 0.113. The predicted octanol–water partition coefficient (Wildman–Crippen LogP) is 1.34. The Morgan fingerprint density at radius 1 is 1.24 bits per heavy atom. The molecule has 1 N–H and O–H groups in total. The van der Waals surface area contributed by atoms with Gasteiger partial charge in [0, 0.05) is 19.2 Å². The summed E-state index contributed by atoms with van der Waals surface area (Å²) in [7, 11) is 1.58. The van der Waals surface area contributed by atoms with Crippen LogP contribution in [0.15, 0.2) is 36.7 Å². The lowest BCUT2D eigenvalue weighted by molar-refractivity contribution is -0.118. The lowest BCUT2D eigenvalue weighted by Gasteiger charge is -2.26. The number of ether oxygens (including phenoxy) is 3. The van der Waals surface area contributed by atoms with E-state index in [-0.39, 0.29) is 12.5 Å². The lowest BCUT2D eigenvalue weighted by Crippen LogP contribution is -2.37. The molecule has 1 fully saturated rings. The van der Waals surface area contributed by atoms with E-state index in [0.717, 1.165) is 13.1 Å². The first kappa shape index (κ1) is 17.0. The molecular weight excluding hydrogens is 324 g/mol. The number of nitrogens with one attached hydrogen (secondary N) is 1. The summed E-state index contributed by atoms with van der Waals surface area (Å²) < 4.78 is 15.9. The standard InChI is InChI=1S/C17H20N4O4/c1-23-14-3-2-4-15(9-14)25-12-16(22)20-13-10-18-17(19-11-13)21-5-7-24-8-6-21/h2-4,9-11H,5-8,12H2,1H3,(H,20,22). The number of aromatic nitrogens is 2. The third-order valence-electron chi connectivity index (χ3n) is 3.63. The molecule has 1 aromatic carbocycles. The predicted molar refractivity (Wildman–Crippen MR) is 92.2 cm³/mol. The first-order chi connectivity index (χ1) is 12.2. The third-order valence-corrected chi connectivity index (χ3v) is 3.63. The van der Waals surface area contributed by atoms with Gasteiger partial charge in [-0.25, -0.2) is 9.97 Å². The number of methoxy groups -OCH3 is 1. The van der Waals surface area contributed by atoms with Crippen LogP contribution in [0.3, 0.4) is 0 Å². The first-order valence-corrected chi connectivity index (χ1v) is 7.96. The Labute approximate surface area is 145 Å². The molecule has 1 saturated heterocycles. The molecule has 1 aliphatic heterocycles. The fourth-order valence-electron chi connectivity index (χ4n) is 2.35. The van der Waals surface area contributed by atoms with Crippen LogP contribution in [0.4, 0.5) is 11.6 Å². The number of anilines is 2. The summed E-state index contributed by atoms with van der Waals surface area (Å²) in [6, 6.07) is 7.08. The van der Waals surface area contributed by atoms with Crippen molar-refractivity contribution in [1.82, 2.24) is 9.97 Å². The van der Waals surface area contributed by atoms with Gasteiger partial charge in [-0.3, -0.25) is 4.79 Å². The van der Waals surface area contributed by atoms with Gasteiger partial charge in [-0.15, -0.1) is 0 Å². The van der Waals surface area contributed by atoms with Crippen LogP contribution < -0.4 is 19.7 Å². The van der Waals surface area contributed by atoms with Crippen LogP contribution >= 0.6 is 0 Å². The van der Waals surface area contributed by atoms with Crippen molar-refractivity contribution in [3.63, 3.8) is 0 Å². The molecule has 25 heavy (non-hydrogen) atoms. The summed E-state index contributed by atoms with van der Waals surface area (Å²) in [6.07, 6.45) is 3.17. The van der Waals surface area contributed by atoms with Crippen molar-refractivity contribution < 1.29 is 19.0 Å². The highest BCUT2D eigenvalue weighted by atomic mass is 16.5. The van der Waals surface area contributed by atoms with Crippen LogP contribution in [-0.4, -0.2) is 55.9 Å². The minimum Gasteiger partial charge on any atom is -0.497 e. The Morgan fingerprint density at radius 3 is 2.68 bits per heavy atom. The van der Waals surface area contributed by atoms with Gasteiger partial charge in [-0.05, 0) is 12.1 Å². The largest absolute Gasteiger partial charge is 0.497 e. The summed E-state index contributed by atoms with van der Waals surface area (Å²) >= 11 is 0. The van der Waals surface area contributed by atoms with Gasteiger partial charge in [-0.2, -0.15) is 0 Å². The number of hydrogen-bond donors (Lipinski definition) is 1. The molecular formula is C17H20N4O4. The molecule has 0 aliphatic carbocycles. The highest BCUT2D eigenvalue weighted by Gasteiger charge is 2.13. The molecule has 8 heteroatoms. The van der Waals surface area contributed by atoms with Crippen molar-refractivity contribution in [3.05, 3.63) is 36.7 Å². The van der Waals surface area contributed by atoms with Crippen LogP contribution in [0.1, 0.15) is 0 Å². The normalized spacial score (nSPS) is 14.0. The number of nitrogens with zero attached hydrogens (tertiary/aromatic N) is 3. The van der Waals surface area contributed by atoms with Crippen LogP contribution in [0.2, 0.25) is 0 Å². The molecule has 0 bridgehead atoms. The summed E-state index contributed by atoms with van der Waals surface area (Å²) in [5.74, 6) is 1.58. The van der Waals surface area contributed by atoms with E-state index in [1.165, 1.54) is 0 Å². The molecule has 0 spiro atoms. The maximum Gasteiger partial charge on any atom is 0.262 e. The monoisotopic (exact) mass is 344 g/mol. The Balaban J connectivity index is 1.50. The molecule has 3 rings (SSSR count). The smallest absolute Gasteiger partial charge is 0.262 e. The molecule has 0 atom stereocenters. The van der Waals surface area contributed by atoms with E-state index in [1.54, 1.807) is 43.8 Å². The Kier molecular flexibility index (Phi) is 5.63. The maximum absolute atomic E-state index is 12.0. The van der Waals surface area contributed by atoms with E-state index in [2.05, 4.69) is 15.3 Å². The second-order valence-corrected chi connectivity index (χ2v) is 5.39.